The highest BCUT2D eigenvalue weighted by molar-refractivity contribution is 4.87. The van der Waals surface area contributed by atoms with E-state index in [1.807, 2.05) is 7.05 Å². The fraction of sp³-hybridized carbons (Fsp3) is 0.778. The van der Waals surface area contributed by atoms with E-state index in [-0.39, 0.29) is 6.10 Å². The van der Waals surface area contributed by atoms with E-state index in [9.17, 15) is 0 Å². The summed E-state index contributed by atoms with van der Waals surface area (Å²) in [4.78, 5) is 0. The van der Waals surface area contributed by atoms with Gasteiger partial charge >= 0.3 is 0 Å². The van der Waals surface area contributed by atoms with Crippen molar-refractivity contribution in [2.24, 2.45) is 0 Å². The van der Waals surface area contributed by atoms with Crippen LogP contribution in [0.5, 0.6) is 0 Å². The van der Waals surface area contributed by atoms with Crippen molar-refractivity contribution in [3.05, 3.63) is 11.8 Å². The lowest BCUT2D eigenvalue weighted by atomic mass is 10.1. The minimum absolute atomic E-state index is 0.0156. The molecular weight excluding hydrogens is 182 g/mol. The van der Waals surface area contributed by atoms with Crippen LogP contribution in [0.4, 0.5) is 0 Å². The Hall–Kier alpha value is -0.940. The molecule has 0 spiro atoms. The van der Waals surface area contributed by atoms with Gasteiger partial charge in [0.1, 0.15) is 6.10 Å². The first-order chi connectivity index (χ1) is 6.90. The lowest BCUT2D eigenvalue weighted by Gasteiger charge is -2.18. The monoisotopic (exact) mass is 197 g/mol. The molecule has 5 heteroatoms. The third kappa shape index (κ3) is 2.10. The van der Waals surface area contributed by atoms with Gasteiger partial charge in [-0.05, 0) is 26.3 Å². The van der Waals surface area contributed by atoms with Crippen LogP contribution in [0.2, 0.25) is 0 Å². The van der Waals surface area contributed by atoms with Crippen molar-refractivity contribution in [1.82, 2.24) is 15.5 Å². The van der Waals surface area contributed by atoms with Gasteiger partial charge in [-0.15, -0.1) is 10.2 Å². The van der Waals surface area contributed by atoms with E-state index >= 15 is 0 Å². The molecule has 1 aliphatic heterocycles. The van der Waals surface area contributed by atoms with Gasteiger partial charge in [-0.2, -0.15) is 0 Å². The molecule has 1 unspecified atom stereocenters. The molecule has 2 heterocycles. The Morgan fingerprint density at radius 3 is 3.07 bits per heavy atom. The lowest BCUT2D eigenvalue weighted by molar-refractivity contribution is -0.00214. The molecule has 1 fully saturated rings. The van der Waals surface area contributed by atoms with Gasteiger partial charge in [0.15, 0.2) is 0 Å². The molecule has 1 aromatic heterocycles. The predicted molar refractivity (Wildman–Crippen MR) is 49.6 cm³/mol. The van der Waals surface area contributed by atoms with E-state index in [2.05, 4.69) is 15.5 Å². The van der Waals surface area contributed by atoms with E-state index in [0.29, 0.717) is 18.3 Å². The molecular formula is C9H15N3O2. The average molecular weight is 197 g/mol. The van der Waals surface area contributed by atoms with E-state index in [0.717, 1.165) is 19.4 Å². The molecule has 14 heavy (non-hydrogen) atoms. The Labute approximate surface area is 82.8 Å². The van der Waals surface area contributed by atoms with Crippen LogP contribution in [0.1, 0.15) is 37.1 Å². The van der Waals surface area contributed by atoms with Crippen LogP contribution in [0.15, 0.2) is 4.42 Å². The summed E-state index contributed by atoms with van der Waals surface area (Å²) < 4.78 is 11.0. The molecule has 0 aliphatic carbocycles. The highest BCUT2D eigenvalue weighted by Gasteiger charge is 2.21. The maximum Gasteiger partial charge on any atom is 0.245 e. The Balaban J connectivity index is 2.00. The molecule has 0 saturated carbocycles. The molecule has 1 aliphatic rings. The maximum absolute atomic E-state index is 5.54. The smallest absolute Gasteiger partial charge is 0.245 e. The highest BCUT2D eigenvalue weighted by Crippen LogP contribution is 2.26. The van der Waals surface area contributed by atoms with Crippen LogP contribution >= 0.6 is 0 Å². The van der Waals surface area contributed by atoms with Gasteiger partial charge in [-0.3, -0.25) is 0 Å². The first-order valence-electron chi connectivity index (χ1n) is 4.98. The third-order valence-corrected chi connectivity index (χ3v) is 2.27. The van der Waals surface area contributed by atoms with Gasteiger partial charge in [0, 0.05) is 6.61 Å². The van der Waals surface area contributed by atoms with Crippen LogP contribution in [0, 0.1) is 0 Å². The predicted octanol–water partition coefficient (Wildman–Crippen LogP) is 1.03. The van der Waals surface area contributed by atoms with Crippen molar-refractivity contribution in [3.63, 3.8) is 0 Å². The lowest BCUT2D eigenvalue weighted by Crippen LogP contribution is -2.11. The average Bonchev–Trinajstić information content (AvgIpc) is 2.68. The first-order valence-corrected chi connectivity index (χ1v) is 4.98. The number of hydrogen-bond donors (Lipinski definition) is 1. The number of nitrogens with one attached hydrogen (secondary N) is 1. The first kappa shape index (κ1) is 9.61. The second kappa shape index (κ2) is 4.52. The van der Waals surface area contributed by atoms with E-state index in [1.165, 1.54) is 6.42 Å². The zero-order chi connectivity index (χ0) is 9.80. The summed E-state index contributed by atoms with van der Waals surface area (Å²) in [5.41, 5.74) is 0. The Bertz CT molecular complexity index is 281. The maximum atomic E-state index is 5.54. The summed E-state index contributed by atoms with van der Waals surface area (Å²) in [6, 6.07) is 0. The van der Waals surface area contributed by atoms with Crippen LogP contribution in [0.3, 0.4) is 0 Å². The molecule has 1 atom stereocenters. The third-order valence-electron chi connectivity index (χ3n) is 2.27. The van der Waals surface area contributed by atoms with E-state index in [4.69, 9.17) is 9.15 Å². The van der Waals surface area contributed by atoms with Crippen LogP contribution in [-0.2, 0) is 11.3 Å². The largest absolute Gasteiger partial charge is 0.421 e. The van der Waals surface area contributed by atoms with Gasteiger partial charge < -0.3 is 14.5 Å². The second-order valence-corrected chi connectivity index (χ2v) is 3.42. The summed E-state index contributed by atoms with van der Waals surface area (Å²) >= 11 is 0. The highest BCUT2D eigenvalue weighted by atomic mass is 16.5. The van der Waals surface area contributed by atoms with Crippen molar-refractivity contribution >= 4 is 0 Å². The Kier molecular flexibility index (Phi) is 3.10. The number of nitrogens with zero attached hydrogens (tertiary/aromatic N) is 2. The van der Waals surface area contributed by atoms with Crippen LogP contribution in [-0.4, -0.2) is 23.9 Å². The van der Waals surface area contributed by atoms with E-state index < -0.39 is 0 Å². The van der Waals surface area contributed by atoms with E-state index in [1.54, 1.807) is 0 Å². The van der Waals surface area contributed by atoms with Crippen LogP contribution in [0.25, 0.3) is 0 Å². The molecule has 0 radical (unpaired) electrons. The van der Waals surface area contributed by atoms with Gasteiger partial charge in [-0.25, -0.2) is 0 Å². The molecule has 0 bridgehead atoms. The summed E-state index contributed by atoms with van der Waals surface area (Å²) in [6.07, 6.45) is 3.31. The normalized spacial score (nSPS) is 22.5. The molecule has 78 valence electrons. The molecule has 1 aromatic rings. The number of rotatable bonds is 3. The molecule has 0 amide bonds. The Morgan fingerprint density at radius 1 is 1.43 bits per heavy atom. The van der Waals surface area contributed by atoms with Crippen molar-refractivity contribution in [3.8, 4) is 0 Å². The van der Waals surface area contributed by atoms with Crippen molar-refractivity contribution in [2.45, 2.75) is 31.9 Å². The van der Waals surface area contributed by atoms with Crippen molar-refractivity contribution in [2.75, 3.05) is 13.7 Å². The van der Waals surface area contributed by atoms with Crippen molar-refractivity contribution in [1.29, 1.82) is 0 Å². The van der Waals surface area contributed by atoms with Crippen molar-refractivity contribution < 1.29 is 9.15 Å². The summed E-state index contributed by atoms with van der Waals surface area (Å²) in [5, 5.41) is 10.9. The summed E-state index contributed by atoms with van der Waals surface area (Å²) in [6.45, 7) is 1.41. The summed E-state index contributed by atoms with van der Waals surface area (Å²) in [7, 11) is 1.85. The second-order valence-electron chi connectivity index (χ2n) is 3.42. The molecule has 0 aromatic carbocycles. The zero-order valence-corrected chi connectivity index (χ0v) is 8.32. The summed E-state index contributed by atoms with van der Waals surface area (Å²) in [5.74, 6) is 1.24. The van der Waals surface area contributed by atoms with Gasteiger partial charge in [0.25, 0.3) is 0 Å². The fourth-order valence-corrected chi connectivity index (χ4v) is 1.55. The quantitative estimate of drug-likeness (QED) is 0.784. The molecule has 1 saturated heterocycles. The van der Waals surface area contributed by atoms with Gasteiger partial charge in [0.2, 0.25) is 11.8 Å². The zero-order valence-electron chi connectivity index (χ0n) is 8.32. The number of aromatic nitrogens is 2. The SMILES string of the molecule is CNCc1nnc(C2CCCCO2)o1. The van der Waals surface area contributed by atoms with Gasteiger partial charge in [0.05, 0.1) is 6.54 Å². The number of ether oxygens (including phenoxy) is 1. The standard InChI is InChI=1S/C9H15N3O2/c1-10-6-8-11-12-9(14-8)7-4-2-3-5-13-7/h7,10H,2-6H2,1H3. The minimum Gasteiger partial charge on any atom is -0.421 e. The van der Waals surface area contributed by atoms with Crippen LogP contribution < -0.4 is 5.32 Å². The topological polar surface area (TPSA) is 60.2 Å². The number of hydrogen-bond acceptors (Lipinski definition) is 5. The molecule has 1 N–H and O–H groups in total. The molecule has 2 rings (SSSR count). The molecule has 5 nitrogen and oxygen atoms in total. The fourth-order valence-electron chi connectivity index (χ4n) is 1.55. The Morgan fingerprint density at radius 2 is 2.36 bits per heavy atom. The van der Waals surface area contributed by atoms with Gasteiger partial charge in [-0.1, -0.05) is 0 Å². The minimum atomic E-state index is 0.0156.